The van der Waals surface area contributed by atoms with Crippen LogP contribution in [0, 0.1) is 18.6 Å². The number of rotatable bonds is 3. The molecular weight excluding hydrogens is 260 g/mol. The molecule has 0 bridgehead atoms. The highest BCUT2D eigenvalue weighted by Crippen LogP contribution is 2.24. The average Bonchev–Trinajstić information content (AvgIpc) is 3.06. The van der Waals surface area contributed by atoms with E-state index >= 15 is 0 Å². The van der Waals surface area contributed by atoms with Gasteiger partial charge in [-0.05, 0) is 44.0 Å². The van der Waals surface area contributed by atoms with E-state index in [4.69, 9.17) is 0 Å². The number of aromatic nitrogens is 2. The lowest BCUT2D eigenvalue weighted by molar-refractivity contribution is 0.588. The van der Waals surface area contributed by atoms with Crippen LogP contribution in [0.3, 0.4) is 0 Å². The molecular formula is C15H17F2N3. The van der Waals surface area contributed by atoms with Gasteiger partial charge in [-0.25, -0.2) is 13.8 Å². The molecule has 1 aliphatic heterocycles. The lowest BCUT2D eigenvalue weighted by Crippen LogP contribution is -2.24. The number of aromatic amines is 1. The molecule has 2 heterocycles. The van der Waals surface area contributed by atoms with Crippen molar-refractivity contribution in [3.8, 4) is 11.3 Å². The quantitative estimate of drug-likeness (QED) is 0.905. The van der Waals surface area contributed by atoms with Gasteiger partial charge in [-0.3, -0.25) is 0 Å². The Hall–Kier alpha value is -1.75. The SMILES string of the molecule is Cc1cc(F)c(-c2cnc(CC3CCCN3)[nH]2)cc1F. The number of aryl methyl sites for hydroxylation is 1. The predicted molar refractivity (Wildman–Crippen MR) is 73.4 cm³/mol. The van der Waals surface area contributed by atoms with Crippen molar-refractivity contribution in [3.05, 3.63) is 41.4 Å². The molecule has 1 unspecified atom stereocenters. The second kappa shape index (κ2) is 5.32. The minimum absolute atomic E-state index is 0.228. The zero-order valence-electron chi connectivity index (χ0n) is 11.3. The van der Waals surface area contributed by atoms with E-state index in [2.05, 4.69) is 15.3 Å². The molecule has 2 aromatic rings. The first-order valence-electron chi connectivity index (χ1n) is 6.87. The van der Waals surface area contributed by atoms with Crippen LogP contribution in [0.5, 0.6) is 0 Å². The first kappa shape index (κ1) is 13.2. The molecule has 1 aliphatic rings. The van der Waals surface area contributed by atoms with Gasteiger partial charge in [0.25, 0.3) is 0 Å². The molecule has 0 amide bonds. The number of H-pyrrole nitrogens is 1. The largest absolute Gasteiger partial charge is 0.342 e. The zero-order valence-corrected chi connectivity index (χ0v) is 11.3. The van der Waals surface area contributed by atoms with Gasteiger partial charge < -0.3 is 10.3 Å². The molecule has 20 heavy (non-hydrogen) atoms. The molecule has 5 heteroatoms. The van der Waals surface area contributed by atoms with Gasteiger partial charge in [-0.15, -0.1) is 0 Å². The number of benzene rings is 1. The van der Waals surface area contributed by atoms with Crippen molar-refractivity contribution in [2.45, 2.75) is 32.2 Å². The van der Waals surface area contributed by atoms with Gasteiger partial charge in [0.1, 0.15) is 17.5 Å². The van der Waals surface area contributed by atoms with Crippen molar-refractivity contribution < 1.29 is 8.78 Å². The Morgan fingerprint density at radius 2 is 2.15 bits per heavy atom. The van der Waals surface area contributed by atoms with Crippen LogP contribution in [0.15, 0.2) is 18.3 Å². The number of hydrogen-bond acceptors (Lipinski definition) is 2. The van der Waals surface area contributed by atoms with Crippen LogP contribution >= 0.6 is 0 Å². The number of imidazole rings is 1. The topological polar surface area (TPSA) is 40.7 Å². The fourth-order valence-corrected chi connectivity index (χ4v) is 2.62. The minimum atomic E-state index is -0.432. The van der Waals surface area contributed by atoms with Gasteiger partial charge in [0.05, 0.1) is 11.9 Å². The van der Waals surface area contributed by atoms with Crippen LogP contribution in [0.4, 0.5) is 8.78 Å². The van der Waals surface area contributed by atoms with Crippen LogP contribution in [-0.4, -0.2) is 22.6 Å². The van der Waals surface area contributed by atoms with E-state index in [-0.39, 0.29) is 5.56 Å². The van der Waals surface area contributed by atoms with Gasteiger partial charge in [0.15, 0.2) is 0 Å². The minimum Gasteiger partial charge on any atom is -0.342 e. The second-order valence-electron chi connectivity index (χ2n) is 5.32. The molecule has 0 spiro atoms. The maximum absolute atomic E-state index is 13.9. The lowest BCUT2D eigenvalue weighted by atomic mass is 10.1. The van der Waals surface area contributed by atoms with E-state index in [0.717, 1.165) is 25.2 Å². The van der Waals surface area contributed by atoms with Gasteiger partial charge in [0.2, 0.25) is 0 Å². The van der Waals surface area contributed by atoms with Crippen molar-refractivity contribution in [3.63, 3.8) is 0 Å². The van der Waals surface area contributed by atoms with Crippen molar-refractivity contribution in [2.24, 2.45) is 0 Å². The van der Waals surface area contributed by atoms with Crippen LogP contribution < -0.4 is 5.32 Å². The Labute approximate surface area is 116 Å². The fourth-order valence-electron chi connectivity index (χ4n) is 2.62. The van der Waals surface area contributed by atoms with Crippen LogP contribution in [0.1, 0.15) is 24.2 Å². The van der Waals surface area contributed by atoms with Gasteiger partial charge in [-0.1, -0.05) is 0 Å². The third-order valence-corrected chi connectivity index (χ3v) is 3.77. The van der Waals surface area contributed by atoms with Crippen LogP contribution in [0.2, 0.25) is 0 Å². The lowest BCUT2D eigenvalue weighted by Gasteiger charge is -2.07. The van der Waals surface area contributed by atoms with Crippen molar-refractivity contribution in [1.29, 1.82) is 0 Å². The van der Waals surface area contributed by atoms with Gasteiger partial charge in [0, 0.05) is 18.0 Å². The Kier molecular flexibility index (Phi) is 3.53. The monoisotopic (exact) mass is 277 g/mol. The molecule has 0 saturated carbocycles. The standard InChI is InChI=1S/C15H17F2N3/c1-9-5-13(17)11(7-12(9)16)14-8-19-15(20-14)6-10-3-2-4-18-10/h5,7-8,10,18H,2-4,6H2,1H3,(H,19,20). The second-order valence-corrected chi connectivity index (χ2v) is 5.32. The summed E-state index contributed by atoms with van der Waals surface area (Å²) < 4.78 is 27.5. The summed E-state index contributed by atoms with van der Waals surface area (Å²) in [7, 11) is 0. The summed E-state index contributed by atoms with van der Waals surface area (Å²) >= 11 is 0. The highest BCUT2D eigenvalue weighted by molar-refractivity contribution is 5.60. The smallest absolute Gasteiger partial charge is 0.133 e. The third-order valence-electron chi connectivity index (χ3n) is 3.77. The Balaban J connectivity index is 1.84. The molecule has 2 N–H and O–H groups in total. The van der Waals surface area contributed by atoms with E-state index in [1.165, 1.54) is 18.6 Å². The molecule has 1 aromatic heterocycles. The molecule has 3 nitrogen and oxygen atoms in total. The number of hydrogen-bond donors (Lipinski definition) is 2. The normalized spacial score (nSPS) is 18.6. The Bertz CT molecular complexity index is 616. The van der Waals surface area contributed by atoms with E-state index in [9.17, 15) is 8.78 Å². The maximum atomic E-state index is 13.9. The third kappa shape index (κ3) is 2.58. The molecule has 0 radical (unpaired) electrons. The van der Waals surface area contributed by atoms with E-state index in [1.807, 2.05) is 0 Å². The Morgan fingerprint density at radius 3 is 2.90 bits per heavy atom. The summed E-state index contributed by atoms with van der Waals surface area (Å²) in [5.74, 6) is -0.0344. The summed E-state index contributed by atoms with van der Waals surface area (Å²) in [5, 5.41) is 3.39. The molecule has 1 fully saturated rings. The average molecular weight is 277 g/mol. The summed E-state index contributed by atoms with van der Waals surface area (Å²) in [4.78, 5) is 7.35. The Morgan fingerprint density at radius 1 is 1.30 bits per heavy atom. The first-order valence-corrected chi connectivity index (χ1v) is 6.87. The van der Waals surface area contributed by atoms with Gasteiger partial charge >= 0.3 is 0 Å². The van der Waals surface area contributed by atoms with Crippen molar-refractivity contribution in [2.75, 3.05) is 6.54 Å². The maximum Gasteiger partial charge on any atom is 0.133 e. The van der Waals surface area contributed by atoms with Crippen molar-refractivity contribution >= 4 is 0 Å². The summed E-state index contributed by atoms with van der Waals surface area (Å²) in [6, 6.07) is 2.85. The van der Waals surface area contributed by atoms with Crippen molar-refractivity contribution in [1.82, 2.24) is 15.3 Å². The highest BCUT2D eigenvalue weighted by atomic mass is 19.1. The molecule has 1 aromatic carbocycles. The summed E-state index contributed by atoms with van der Waals surface area (Å²) in [6.45, 7) is 2.59. The van der Waals surface area contributed by atoms with E-state index in [0.29, 0.717) is 17.3 Å². The fraction of sp³-hybridized carbons (Fsp3) is 0.400. The predicted octanol–water partition coefficient (Wildman–Crippen LogP) is 2.96. The molecule has 3 rings (SSSR count). The van der Waals surface area contributed by atoms with E-state index in [1.54, 1.807) is 13.1 Å². The van der Waals surface area contributed by atoms with Gasteiger partial charge in [-0.2, -0.15) is 0 Å². The number of nitrogens with zero attached hydrogens (tertiary/aromatic N) is 1. The zero-order chi connectivity index (χ0) is 14.1. The molecule has 1 atom stereocenters. The molecule has 0 aliphatic carbocycles. The van der Waals surface area contributed by atoms with Crippen LogP contribution in [-0.2, 0) is 6.42 Å². The number of nitrogens with one attached hydrogen (secondary N) is 2. The number of halogens is 2. The van der Waals surface area contributed by atoms with Crippen LogP contribution in [0.25, 0.3) is 11.3 Å². The molecule has 1 saturated heterocycles. The highest BCUT2D eigenvalue weighted by Gasteiger charge is 2.17. The first-order chi connectivity index (χ1) is 9.63. The molecule has 106 valence electrons. The summed E-state index contributed by atoms with van der Waals surface area (Å²) in [5.41, 5.74) is 1.06. The summed E-state index contributed by atoms with van der Waals surface area (Å²) in [6.07, 6.45) is 4.66. The van der Waals surface area contributed by atoms with E-state index < -0.39 is 11.6 Å².